The second-order valence-corrected chi connectivity index (χ2v) is 8.28. The highest BCUT2D eigenvalue weighted by Gasteiger charge is 2.16. The first-order valence-corrected chi connectivity index (χ1v) is 10.1. The SMILES string of the molecule is Cc1ccc(S(=O)(=O)NCC(=O)N/N=C/c2cc3c(cc2Br)OCO3)cc1. The minimum atomic E-state index is -3.76. The Morgan fingerprint density at radius 2 is 1.89 bits per heavy atom. The molecule has 1 amide bonds. The van der Waals surface area contributed by atoms with Gasteiger partial charge in [-0.05, 0) is 47.1 Å². The molecule has 2 aromatic carbocycles. The van der Waals surface area contributed by atoms with Crippen LogP contribution in [0.2, 0.25) is 0 Å². The number of carbonyl (C=O) groups is 1. The van der Waals surface area contributed by atoms with E-state index in [2.05, 4.69) is 31.2 Å². The normalized spacial score (nSPS) is 13.1. The molecular formula is C17H16BrN3O5S. The lowest BCUT2D eigenvalue weighted by atomic mass is 10.2. The number of hydrogen-bond acceptors (Lipinski definition) is 6. The quantitative estimate of drug-likeness (QED) is 0.513. The molecule has 0 saturated heterocycles. The van der Waals surface area contributed by atoms with Crippen molar-refractivity contribution in [3.05, 3.63) is 52.0 Å². The molecule has 0 fully saturated rings. The molecule has 8 nitrogen and oxygen atoms in total. The standard InChI is InChI=1S/C17H16BrN3O5S/c1-11-2-4-13(5-3-11)27(23,24)20-9-17(22)21-19-8-12-6-15-16(7-14(12)18)26-10-25-15/h2-8,20H,9-10H2,1H3,(H,21,22)/b19-8+. The van der Waals surface area contributed by atoms with E-state index in [0.717, 1.165) is 5.56 Å². The van der Waals surface area contributed by atoms with Gasteiger partial charge in [0.2, 0.25) is 16.8 Å². The number of aryl methyl sites for hydroxylation is 1. The summed E-state index contributed by atoms with van der Waals surface area (Å²) in [5, 5.41) is 3.83. The summed E-state index contributed by atoms with van der Waals surface area (Å²) in [4.78, 5) is 11.9. The van der Waals surface area contributed by atoms with Crippen LogP contribution in [0, 0.1) is 6.92 Å². The Labute approximate surface area is 164 Å². The molecule has 1 heterocycles. The van der Waals surface area contributed by atoms with Crippen LogP contribution < -0.4 is 19.6 Å². The van der Waals surface area contributed by atoms with Crippen LogP contribution in [0.1, 0.15) is 11.1 Å². The fourth-order valence-electron chi connectivity index (χ4n) is 2.21. The van der Waals surface area contributed by atoms with Crippen molar-refractivity contribution in [3.63, 3.8) is 0 Å². The van der Waals surface area contributed by atoms with Gasteiger partial charge >= 0.3 is 0 Å². The molecule has 10 heteroatoms. The second kappa shape index (κ2) is 8.07. The monoisotopic (exact) mass is 453 g/mol. The van der Waals surface area contributed by atoms with E-state index in [1.807, 2.05) is 6.92 Å². The highest BCUT2D eigenvalue weighted by molar-refractivity contribution is 9.10. The van der Waals surface area contributed by atoms with Crippen molar-refractivity contribution >= 4 is 38.1 Å². The maximum atomic E-state index is 12.1. The Morgan fingerprint density at radius 1 is 1.22 bits per heavy atom. The highest BCUT2D eigenvalue weighted by Crippen LogP contribution is 2.36. The summed E-state index contributed by atoms with van der Waals surface area (Å²) in [5.74, 6) is 0.601. The van der Waals surface area contributed by atoms with E-state index in [-0.39, 0.29) is 11.7 Å². The van der Waals surface area contributed by atoms with Crippen molar-refractivity contribution in [1.29, 1.82) is 0 Å². The summed E-state index contributed by atoms with van der Waals surface area (Å²) < 4.78 is 37.7. The van der Waals surface area contributed by atoms with Gasteiger partial charge in [0.25, 0.3) is 5.91 Å². The van der Waals surface area contributed by atoms with Gasteiger partial charge in [-0.25, -0.2) is 18.6 Å². The number of fused-ring (bicyclic) bond motifs is 1. The van der Waals surface area contributed by atoms with E-state index in [0.29, 0.717) is 21.5 Å². The fourth-order valence-corrected chi connectivity index (χ4v) is 3.61. The number of rotatable bonds is 6. The Balaban J connectivity index is 1.55. The molecule has 27 heavy (non-hydrogen) atoms. The van der Waals surface area contributed by atoms with E-state index in [1.165, 1.54) is 18.3 Å². The van der Waals surface area contributed by atoms with E-state index >= 15 is 0 Å². The maximum absolute atomic E-state index is 12.1. The first kappa shape index (κ1) is 19.3. The van der Waals surface area contributed by atoms with E-state index in [9.17, 15) is 13.2 Å². The zero-order chi connectivity index (χ0) is 19.4. The van der Waals surface area contributed by atoms with Crippen molar-refractivity contribution in [2.45, 2.75) is 11.8 Å². The highest BCUT2D eigenvalue weighted by atomic mass is 79.9. The molecular weight excluding hydrogens is 438 g/mol. The Morgan fingerprint density at radius 3 is 2.59 bits per heavy atom. The lowest BCUT2D eigenvalue weighted by molar-refractivity contribution is -0.119. The molecule has 0 atom stereocenters. The molecule has 0 saturated carbocycles. The van der Waals surface area contributed by atoms with Gasteiger partial charge in [-0.3, -0.25) is 4.79 Å². The van der Waals surface area contributed by atoms with Crippen LogP contribution in [0.25, 0.3) is 0 Å². The first-order chi connectivity index (χ1) is 12.8. The summed E-state index contributed by atoms with van der Waals surface area (Å²) in [6.07, 6.45) is 1.42. The smallest absolute Gasteiger partial charge is 0.255 e. The van der Waals surface area contributed by atoms with Crippen LogP contribution >= 0.6 is 15.9 Å². The predicted octanol–water partition coefficient (Wildman–Crippen LogP) is 1.91. The largest absolute Gasteiger partial charge is 0.454 e. The van der Waals surface area contributed by atoms with Gasteiger partial charge in [0.05, 0.1) is 17.7 Å². The molecule has 2 aromatic rings. The molecule has 0 spiro atoms. The number of hydrazone groups is 1. The Kier molecular flexibility index (Phi) is 5.78. The molecule has 3 rings (SSSR count). The summed E-state index contributed by atoms with van der Waals surface area (Å²) in [5.41, 5.74) is 3.88. The van der Waals surface area contributed by atoms with Crippen molar-refractivity contribution < 1.29 is 22.7 Å². The van der Waals surface area contributed by atoms with Gasteiger partial charge in [-0.15, -0.1) is 0 Å². The van der Waals surface area contributed by atoms with Crippen molar-refractivity contribution in [2.24, 2.45) is 5.10 Å². The Bertz CT molecular complexity index is 990. The first-order valence-electron chi connectivity index (χ1n) is 7.82. The van der Waals surface area contributed by atoms with Crippen LogP contribution in [-0.4, -0.2) is 33.9 Å². The average Bonchev–Trinajstić information content (AvgIpc) is 3.07. The third-order valence-corrected chi connectivity index (χ3v) is 5.74. The number of ether oxygens (including phenoxy) is 2. The van der Waals surface area contributed by atoms with Crippen LogP contribution in [0.5, 0.6) is 11.5 Å². The minimum absolute atomic E-state index is 0.0914. The number of sulfonamides is 1. The third kappa shape index (κ3) is 4.85. The lowest BCUT2D eigenvalue weighted by Gasteiger charge is -2.06. The molecule has 142 valence electrons. The van der Waals surface area contributed by atoms with E-state index in [1.54, 1.807) is 24.3 Å². The predicted molar refractivity (Wildman–Crippen MR) is 102 cm³/mol. The van der Waals surface area contributed by atoms with Gasteiger partial charge < -0.3 is 9.47 Å². The van der Waals surface area contributed by atoms with Gasteiger partial charge in [0.15, 0.2) is 11.5 Å². The van der Waals surface area contributed by atoms with E-state index in [4.69, 9.17) is 9.47 Å². The second-order valence-electron chi connectivity index (χ2n) is 5.66. The van der Waals surface area contributed by atoms with Crippen LogP contribution in [0.3, 0.4) is 0 Å². The number of nitrogens with zero attached hydrogens (tertiary/aromatic N) is 1. The van der Waals surface area contributed by atoms with Crippen LogP contribution in [-0.2, 0) is 14.8 Å². The molecule has 1 aliphatic rings. The number of halogens is 1. The number of amides is 1. The van der Waals surface area contributed by atoms with Crippen molar-refractivity contribution in [3.8, 4) is 11.5 Å². The zero-order valence-electron chi connectivity index (χ0n) is 14.2. The summed E-state index contributed by atoms with van der Waals surface area (Å²) in [7, 11) is -3.76. The van der Waals surface area contributed by atoms with Gasteiger partial charge in [-0.2, -0.15) is 5.10 Å². The van der Waals surface area contributed by atoms with Crippen molar-refractivity contribution in [1.82, 2.24) is 10.1 Å². The van der Waals surface area contributed by atoms with Crippen molar-refractivity contribution in [2.75, 3.05) is 13.3 Å². The molecule has 1 aliphatic heterocycles. The number of nitrogens with one attached hydrogen (secondary N) is 2. The number of benzene rings is 2. The molecule has 0 radical (unpaired) electrons. The summed E-state index contributed by atoms with van der Waals surface area (Å²) in [6.45, 7) is 1.57. The number of carbonyl (C=O) groups excluding carboxylic acids is 1. The Hall–Kier alpha value is -2.43. The van der Waals surface area contributed by atoms with Crippen LogP contribution in [0.4, 0.5) is 0 Å². The third-order valence-electron chi connectivity index (χ3n) is 3.64. The molecule has 0 aliphatic carbocycles. The average molecular weight is 454 g/mol. The van der Waals surface area contributed by atoms with Crippen LogP contribution in [0.15, 0.2) is 50.9 Å². The topological polar surface area (TPSA) is 106 Å². The zero-order valence-corrected chi connectivity index (χ0v) is 16.6. The fraction of sp³-hybridized carbons (Fsp3) is 0.176. The lowest BCUT2D eigenvalue weighted by Crippen LogP contribution is -2.34. The van der Waals surface area contributed by atoms with Gasteiger partial charge in [-0.1, -0.05) is 17.7 Å². The van der Waals surface area contributed by atoms with E-state index < -0.39 is 22.5 Å². The van der Waals surface area contributed by atoms with Gasteiger partial charge in [0, 0.05) is 10.0 Å². The molecule has 2 N–H and O–H groups in total. The maximum Gasteiger partial charge on any atom is 0.255 e. The number of hydrogen-bond donors (Lipinski definition) is 2. The minimum Gasteiger partial charge on any atom is -0.454 e. The summed E-state index contributed by atoms with van der Waals surface area (Å²) in [6, 6.07) is 9.77. The molecule has 0 bridgehead atoms. The molecule has 0 aromatic heterocycles. The molecule has 0 unspecified atom stereocenters. The summed E-state index contributed by atoms with van der Waals surface area (Å²) >= 11 is 3.37. The van der Waals surface area contributed by atoms with Gasteiger partial charge in [0.1, 0.15) is 0 Å².